The lowest BCUT2D eigenvalue weighted by atomic mass is 10.2. The molecule has 0 heterocycles. The van der Waals surface area contributed by atoms with Gasteiger partial charge >= 0.3 is 0 Å². The smallest absolute Gasteiger partial charge is 0.125 e. The van der Waals surface area contributed by atoms with Crippen LogP contribution in [0.25, 0.3) is 0 Å². The van der Waals surface area contributed by atoms with Gasteiger partial charge in [0.05, 0.1) is 8.07 Å². The van der Waals surface area contributed by atoms with Gasteiger partial charge in [-0.3, -0.25) is 0 Å². The van der Waals surface area contributed by atoms with Gasteiger partial charge in [-0.05, 0) is 32.9 Å². The summed E-state index contributed by atoms with van der Waals surface area (Å²) in [5, 5.41) is 1.34. The van der Waals surface area contributed by atoms with Gasteiger partial charge in [0.1, 0.15) is 11.9 Å². The zero-order valence-corrected chi connectivity index (χ0v) is 11.0. The summed E-state index contributed by atoms with van der Waals surface area (Å²) in [4.78, 5) is 0. The van der Waals surface area contributed by atoms with E-state index in [1.54, 1.807) is 6.26 Å². The highest BCUT2D eigenvalue weighted by Crippen LogP contribution is 2.12. The fraction of sp³-hybridized carbons (Fsp3) is 0.727. The quantitative estimate of drug-likeness (QED) is 0.373. The Hall–Kier alpha value is -0.463. The van der Waals surface area contributed by atoms with E-state index in [0.717, 1.165) is 0 Å². The minimum Gasteiger partial charge on any atom is -0.488 e. The first-order chi connectivity index (χ1) is 5.63. The molecule has 0 spiro atoms. The Kier molecular flexibility index (Phi) is 4.02. The summed E-state index contributed by atoms with van der Waals surface area (Å²) >= 11 is 0. The van der Waals surface area contributed by atoms with E-state index in [2.05, 4.69) is 32.3 Å². The molecule has 0 aliphatic heterocycles. The van der Waals surface area contributed by atoms with Gasteiger partial charge in [0.15, 0.2) is 0 Å². The minimum absolute atomic E-state index is 0.104. The van der Waals surface area contributed by atoms with E-state index in [-0.39, 0.29) is 5.60 Å². The van der Waals surface area contributed by atoms with Crippen LogP contribution < -0.4 is 0 Å². The minimum atomic E-state index is -1.16. The Bertz CT molecular complexity index is 221. The van der Waals surface area contributed by atoms with Crippen LogP contribution in [-0.4, -0.2) is 13.7 Å². The second kappa shape index (κ2) is 4.16. The highest BCUT2D eigenvalue weighted by molar-refractivity contribution is 6.82. The third-order valence-corrected chi connectivity index (χ3v) is 4.21. The van der Waals surface area contributed by atoms with Crippen LogP contribution in [0.4, 0.5) is 0 Å². The number of allylic oxidation sites excluding steroid dienone is 1. The van der Waals surface area contributed by atoms with Crippen molar-refractivity contribution in [3.63, 3.8) is 0 Å². The molecule has 0 rings (SSSR count). The Balaban J connectivity index is 4.41. The Labute approximate surface area is 83.5 Å². The van der Waals surface area contributed by atoms with E-state index < -0.39 is 8.07 Å². The lowest BCUT2D eigenvalue weighted by molar-refractivity contribution is 0.0771. The van der Waals surface area contributed by atoms with Crippen LogP contribution in [0.15, 0.2) is 17.2 Å². The first kappa shape index (κ1) is 12.5. The lowest BCUT2D eigenvalue weighted by Crippen LogP contribution is -2.21. The summed E-state index contributed by atoms with van der Waals surface area (Å²) in [6.07, 6.45) is 1.70. The molecule has 2 heteroatoms. The molecule has 0 saturated heterocycles. The van der Waals surface area contributed by atoms with E-state index in [4.69, 9.17) is 4.74 Å². The van der Waals surface area contributed by atoms with E-state index in [9.17, 15) is 0 Å². The number of hydrogen-bond acceptors (Lipinski definition) is 1. The van der Waals surface area contributed by atoms with Crippen molar-refractivity contribution in [3.8, 4) is 0 Å². The fourth-order valence-electron chi connectivity index (χ4n) is 0.511. The van der Waals surface area contributed by atoms with Crippen LogP contribution in [0.3, 0.4) is 0 Å². The Morgan fingerprint density at radius 2 is 1.69 bits per heavy atom. The molecule has 13 heavy (non-hydrogen) atoms. The monoisotopic (exact) mass is 198 g/mol. The van der Waals surface area contributed by atoms with Gasteiger partial charge in [0.2, 0.25) is 0 Å². The van der Waals surface area contributed by atoms with Crippen LogP contribution in [0.2, 0.25) is 19.6 Å². The van der Waals surface area contributed by atoms with Crippen molar-refractivity contribution in [2.24, 2.45) is 0 Å². The first-order valence-corrected chi connectivity index (χ1v) is 8.23. The second-order valence-electron chi connectivity index (χ2n) is 5.37. The van der Waals surface area contributed by atoms with Crippen LogP contribution >= 0.6 is 0 Å². The molecule has 0 radical (unpaired) electrons. The molecule has 0 amide bonds. The molecule has 0 N–H and O–H groups in total. The molecule has 0 aromatic carbocycles. The summed E-state index contributed by atoms with van der Waals surface area (Å²) in [6, 6.07) is 0. The van der Waals surface area contributed by atoms with Crippen LogP contribution in [0.5, 0.6) is 0 Å². The fourth-order valence-corrected chi connectivity index (χ4v) is 1.00. The Morgan fingerprint density at radius 1 is 1.23 bits per heavy atom. The molecule has 0 saturated carbocycles. The average Bonchev–Trinajstić information content (AvgIpc) is 1.82. The largest absolute Gasteiger partial charge is 0.488 e. The average molecular weight is 198 g/mol. The molecule has 0 unspecified atom stereocenters. The molecule has 0 fully saturated rings. The summed E-state index contributed by atoms with van der Waals surface area (Å²) in [7, 11) is -1.16. The highest BCUT2D eigenvalue weighted by atomic mass is 28.3. The maximum absolute atomic E-state index is 5.46. The molecule has 0 aromatic heterocycles. The third kappa shape index (κ3) is 6.68. The molecular formula is C11H22OSi. The van der Waals surface area contributed by atoms with Crippen molar-refractivity contribution in [2.75, 3.05) is 0 Å². The van der Waals surface area contributed by atoms with E-state index in [1.807, 2.05) is 20.8 Å². The van der Waals surface area contributed by atoms with Crippen molar-refractivity contribution < 1.29 is 4.74 Å². The third-order valence-electron chi connectivity index (χ3n) is 1.81. The number of rotatable bonds is 2. The van der Waals surface area contributed by atoms with Gasteiger partial charge in [-0.25, -0.2) is 0 Å². The van der Waals surface area contributed by atoms with Crippen LogP contribution in [-0.2, 0) is 4.74 Å². The molecule has 0 aliphatic rings. The maximum atomic E-state index is 5.46. The van der Waals surface area contributed by atoms with Gasteiger partial charge in [-0.1, -0.05) is 25.4 Å². The number of ether oxygens (including phenoxy) is 1. The Morgan fingerprint density at radius 3 is 2.00 bits per heavy atom. The molecule has 0 atom stereocenters. The second-order valence-corrected chi connectivity index (χ2v) is 10.6. The summed E-state index contributed by atoms with van der Waals surface area (Å²) in [6.45, 7) is 15.2. The van der Waals surface area contributed by atoms with E-state index in [0.29, 0.717) is 0 Å². The molecule has 0 bridgehead atoms. The van der Waals surface area contributed by atoms with Crippen LogP contribution in [0, 0.1) is 0 Å². The molecule has 0 aromatic rings. The van der Waals surface area contributed by atoms with Gasteiger partial charge in [0.25, 0.3) is 0 Å². The SMILES string of the molecule is CC(=C=COC(C)(C)C)[Si](C)(C)C. The van der Waals surface area contributed by atoms with Crippen molar-refractivity contribution in [1.82, 2.24) is 0 Å². The zero-order chi connectivity index (χ0) is 10.7. The van der Waals surface area contributed by atoms with Gasteiger partial charge < -0.3 is 4.74 Å². The predicted molar refractivity (Wildman–Crippen MR) is 61.5 cm³/mol. The topological polar surface area (TPSA) is 9.23 Å². The normalized spacial score (nSPS) is 11.9. The van der Waals surface area contributed by atoms with Crippen molar-refractivity contribution in [2.45, 2.75) is 52.9 Å². The van der Waals surface area contributed by atoms with Gasteiger partial charge in [-0.15, -0.1) is 0 Å². The standard InChI is InChI=1S/C11H22OSi/c1-10(13(5,6)7)8-9-12-11(2,3)4/h9H,1-7H3. The predicted octanol–water partition coefficient (Wildman–Crippen LogP) is 3.74. The zero-order valence-electron chi connectivity index (χ0n) is 9.99. The van der Waals surface area contributed by atoms with Gasteiger partial charge in [0, 0.05) is 0 Å². The van der Waals surface area contributed by atoms with Crippen LogP contribution in [0.1, 0.15) is 27.7 Å². The molecule has 76 valence electrons. The maximum Gasteiger partial charge on any atom is 0.125 e. The first-order valence-electron chi connectivity index (χ1n) is 4.73. The number of hydrogen-bond donors (Lipinski definition) is 0. The van der Waals surface area contributed by atoms with Gasteiger partial charge in [-0.2, -0.15) is 0 Å². The summed E-state index contributed by atoms with van der Waals surface area (Å²) in [5.41, 5.74) is 3.11. The molecule has 1 nitrogen and oxygen atoms in total. The molecule has 0 aliphatic carbocycles. The molecular weight excluding hydrogens is 176 g/mol. The summed E-state index contributed by atoms with van der Waals surface area (Å²) < 4.78 is 5.46. The van der Waals surface area contributed by atoms with Crippen molar-refractivity contribution in [1.29, 1.82) is 0 Å². The lowest BCUT2D eigenvalue weighted by Gasteiger charge is -2.17. The van der Waals surface area contributed by atoms with E-state index in [1.165, 1.54) is 5.20 Å². The van der Waals surface area contributed by atoms with Crippen molar-refractivity contribution in [3.05, 3.63) is 17.2 Å². The highest BCUT2D eigenvalue weighted by Gasteiger charge is 2.14. The van der Waals surface area contributed by atoms with Crippen molar-refractivity contribution >= 4 is 8.07 Å². The van der Waals surface area contributed by atoms with E-state index >= 15 is 0 Å². The summed E-state index contributed by atoms with van der Waals surface area (Å²) in [5.74, 6) is 0.